The molecule has 1 unspecified atom stereocenters. The van der Waals surface area contributed by atoms with Gasteiger partial charge in [-0.3, -0.25) is 9.59 Å². The van der Waals surface area contributed by atoms with Gasteiger partial charge in [-0.05, 0) is 36.5 Å². The summed E-state index contributed by atoms with van der Waals surface area (Å²) in [7, 11) is 0. The lowest BCUT2D eigenvalue weighted by molar-refractivity contribution is -0.141. The second-order valence-corrected chi connectivity index (χ2v) is 7.55. The fraction of sp³-hybridized carbons (Fsp3) is 0.440. The summed E-state index contributed by atoms with van der Waals surface area (Å²) in [5.74, 6) is -0.0392. The maximum Gasteiger partial charge on any atom is 0.243 e. The predicted octanol–water partition coefficient (Wildman–Crippen LogP) is 4.65. The summed E-state index contributed by atoms with van der Waals surface area (Å²) in [4.78, 5) is 28.0. The van der Waals surface area contributed by atoms with E-state index in [1.807, 2.05) is 68.4 Å². The Balaban J connectivity index is 2.33. The van der Waals surface area contributed by atoms with Crippen molar-refractivity contribution in [1.82, 2.24) is 10.2 Å². The summed E-state index contributed by atoms with van der Waals surface area (Å²) in [5.41, 5.74) is 3.27. The minimum Gasteiger partial charge on any atom is -0.354 e. The molecule has 0 aliphatic rings. The minimum atomic E-state index is -0.520. The van der Waals surface area contributed by atoms with Gasteiger partial charge in [0.1, 0.15) is 6.04 Å². The van der Waals surface area contributed by atoms with Gasteiger partial charge in [-0.25, -0.2) is 0 Å². The quantitative estimate of drug-likeness (QED) is 0.564. The lowest BCUT2D eigenvalue weighted by atomic mass is 10.0. The highest BCUT2D eigenvalue weighted by molar-refractivity contribution is 5.88. The monoisotopic (exact) mass is 394 g/mol. The van der Waals surface area contributed by atoms with Crippen molar-refractivity contribution in [3.63, 3.8) is 0 Å². The summed E-state index contributed by atoms with van der Waals surface area (Å²) in [5, 5.41) is 3.05. The van der Waals surface area contributed by atoms with Crippen LogP contribution in [0, 0.1) is 6.92 Å². The number of hydrogen-bond donors (Lipinski definition) is 1. The molecule has 0 saturated heterocycles. The third-order valence-corrected chi connectivity index (χ3v) is 5.17. The van der Waals surface area contributed by atoms with E-state index in [0.29, 0.717) is 25.9 Å². The molecule has 0 spiro atoms. The van der Waals surface area contributed by atoms with Crippen molar-refractivity contribution >= 4 is 11.8 Å². The van der Waals surface area contributed by atoms with Crippen LogP contribution in [0.1, 0.15) is 56.2 Å². The highest BCUT2D eigenvalue weighted by Crippen LogP contribution is 2.18. The normalized spacial score (nSPS) is 11.7. The van der Waals surface area contributed by atoms with Crippen LogP contribution < -0.4 is 5.32 Å². The van der Waals surface area contributed by atoms with Gasteiger partial charge in [0.2, 0.25) is 11.8 Å². The zero-order valence-electron chi connectivity index (χ0n) is 18.0. The first-order chi connectivity index (χ1) is 14.1. The molecule has 29 heavy (non-hydrogen) atoms. The minimum absolute atomic E-state index is 0.0299. The molecule has 0 saturated carbocycles. The van der Waals surface area contributed by atoms with Crippen molar-refractivity contribution in [2.45, 2.75) is 65.5 Å². The zero-order valence-corrected chi connectivity index (χ0v) is 18.0. The van der Waals surface area contributed by atoms with E-state index < -0.39 is 6.04 Å². The highest BCUT2D eigenvalue weighted by Gasteiger charge is 2.29. The van der Waals surface area contributed by atoms with Gasteiger partial charge >= 0.3 is 0 Å². The standard InChI is InChI=1S/C25H34N2O2/c1-4-6-17-26-25(29)23(18-21-14-8-7-9-15-21)27(24(28)12-5-2)19-22-16-11-10-13-20(22)3/h7-11,13-16,23H,4-6,12,17-19H2,1-3H3,(H,26,29). The van der Waals surface area contributed by atoms with Gasteiger partial charge in [-0.2, -0.15) is 0 Å². The smallest absolute Gasteiger partial charge is 0.243 e. The maximum absolute atomic E-state index is 13.1. The van der Waals surface area contributed by atoms with Crippen LogP contribution in [0.3, 0.4) is 0 Å². The van der Waals surface area contributed by atoms with Crippen LogP contribution in [-0.2, 0) is 22.6 Å². The molecular formula is C25H34N2O2. The van der Waals surface area contributed by atoms with E-state index in [9.17, 15) is 9.59 Å². The Morgan fingerprint density at radius 3 is 2.31 bits per heavy atom. The molecule has 156 valence electrons. The van der Waals surface area contributed by atoms with E-state index in [1.165, 1.54) is 0 Å². The topological polar surface area (TPSA) is 49.4 Å². The Labute approximate surface area is 175 Å². The molecule has 1 atom stereocenters. The Hall–Kier alpha value is -2.62. The van der Waals surface area contributed by atoms with Gasteiger partial charge in [0.05, 0.1) is 0 Å². The fourth-order valence-electron chi connectivity index (χ4n) is 3.39. The van der Waals surface area contributed by atoms with E-state index in [2.05, 4.69) is 12.2 Å². The summed E-state index contributed by atoms with van der Waals surface area (Å²) < 4.78 is 0. The number of benzene rings is 2. The molecule has 0 fully saturated rings. The predicted molar refractivity (Wildman–Crippen MR) is 118 cm³/mol. The van der Waals surface area contributed by atoms with Crippen LogP contribution in [0.5, 0.6) is 0 Å². The number of rotatable bonds is 11. The lowest BCUT2D eigenvalue weighted by Crippen LogP contribution is -2.50. The number of aryl methyl sites for hydroxylation is 1. The molecule has 0 aliphatic heterocycles. The van der Waals surface area contributed by atoms with Gasteiger partial charge < -0.3 is 10.2 Å². The van der Waals surface area contributed by atoms with E-state index in [1.54, 1.807) is 4.90 Å². The molecule has 0 aromatic heterocycles. The first-order valence-electron chi connectivity index (χ1n) is 10.7. The van der Waals surface area contributed by atoms with Crippen LogP contribution in [-0.4, -0.2) is 29.3 Å². The zero-order chi connectivity index (χ0) is 21.1. The maximum atomic E-state index is 13.1. The van der Waals surface area contributed by atoms with Crippen molar-refractivity contribution in [2.75, 3.05) is 6.54 Å². The average molecular weight is 395 g/mol. The molecule has 2 aromatic carbocycles. The van der Waals surface area contributed by atoms with E-state index in [-0.39, 0.29) is 11.8 Å². The molecule has 2 amide bonds. The highest BCUT2D eigenvalue weighted by atomic mass is 16.2. The van der Waals surface area contributed by atoms with Crippen molar-refractivity contribution in [3.05, 3.63) is 71.3 Å². The van der Waals surface area contributed by atoms with E-state index in [4.69, 9.17) is 0 Å². The third kappa shape index (κ3) is 7.04. The number of nitrogens with zero attached hydrogens (tertiary/aromatic N) is 1. The first kappa shape index (κ1) is 22.7. The molecule has 0 heterocycles. The van der Waals surface area contributed by atoms with E-state index >= 15 is 0 Å². The van der Waals surface area contributed by atoms with Gasteiger partial charge in [0.25, 0.3) is 0 Å². The Kier molecular flexibility index (Phi) is 9.42. The Morgan fingerprint density at radius 1 is 0.966 bits per heavy atom. The lowest BCUT2D eigenvalue weighted by Gasteiger charge is -2.32. The Morgan fingerprint density at radius 2 is 1.66 bits per heavy atom. The summed E-state index contributed by atoms with van der Waals surface area (Å²) in [6, 6.07) is 17.5. The van der Waals surface area contributed by atoms with Crippen LogP contribution in [0.15, 0.2) is 54.6 Å². The molecule has 4 heteroatoms. The first-order valence-corrected chi connectivity index (χ1v) is 10.7. The average Bonchev–Trinajstić information content (AvgIpc) is 2.73. The molecule has 0 bridgehead atoms. The number of carbonyl (C=O) groups is 2. The van der Waals surface area contributed by atoms with Crippen molar-refractivity contribution in [3.8, 4) is 0 Å². The van der Waals surface area contributed by atoms with Crippen LogP contribution in [0.4, 0.5) is 0 Å². The third-order valence-electron chi connectivity index (χ3n) is 5.17. The van der Waals surface area contributed by atoms with Gasteiger partial charge in [-0.15, -0.1) is 0 Å². The number of nitrogens with one attached hydrogen (secondary N) is 1. The number of carbonyl (C=O) groups excluding carboxylic acids is 2. The summed E-state index contributed by atoms with van der Waals surface area (Å²) in [6.45, 7) is 7.23. The van der Waals surface area contributed by atoms with E-state index in [0.717, 1.165) is 36.0 Å². The number of amides is 2. The molecule has 4 nitrogen and oxygen atoms in total. The van der Waals surface area contributed by atoms with Gasteiger partial charge in [0.15, 0.2) is 0 Å². The molecule has 0 aliphatic carbocycles. The molecule has 1 N–H and O–H groups in total. The Bertz CT molecular complexity index is 773. The second kappa shape index (κ2) is 12.1. The van der Waals surface area contributed by atoms with Gasteiger partial charge in [0, 0.05) is 25.9 Å². The molecule has 0 radical (unpaired) electrons. The number of unbranched alkanes of at least 4 members (excludes halogenated alkanes) is 1. The van der Waals surface area contributed by atoms with Crippen molar-refractivity contribution < 1.29 is 9.59 Å². The number of hydrogen-bond acceptors (Lipinski definition) is 2. The summed E-state index contributed by atoms with van der Waals surface area (Å²) in [6.07, 6.45) is 3.67. The van der Waals surface area contributed by atoms with Gasteiger partial charge in [-0.1, -0.05) is 74.9 Å². The molecule has 2 aromatic rings. The molecular weight excluding hydrogens is 360 g/mol. The fourth-order valence-corrected chi connectivity index (χ4v) is 3.39. The van der Waals surface area contributed by atoms with Crippen LogP contribution >= 0.6 is 0 Å². The largest absolute Gasteiger partial charge is 0.354 e. The van der Waals surface area contributed by atoms with Crippen molar-refractivity contribution in [2.24, 2.45) is 0 Å². The van der Waals surface area contributed by atoms with Crippen molar-refractivity contribution in [1.29, 1.82) is 0 Å². The summed E-state index contributed by atoms with van der Waals surface area (Å²) >= 11 is 0. The van der Waals surface area contributed by atoms with Crippen LogP contribution in [0.2, 0.25) is 0 Å². The second-order valence-electron chi connectivity index (χ2n) is 7.55. The molecule has 2 rings (SSSR count). The SMILES string of the molecule is CCCCNC(=O)C(Cc1ccccc1)N(Cc1ccccc1C)C(=O)CCC. The van der Waals surface area contributed by atoms with Crippen LogP contribution in [0.25, 0.3) is 0 Å².